The monoisotopic (exact) mass is 446 g/mol. The predicted octanol–water partition coefficient (Wildman–Crippen LogP) is 4.76. The maximum atomic E-state index is 13.1. The van der Waals surface area contributed by atoms with Gasteiger partial charge in [-0.05, 0) is 33.7 Å². The highest BCUT2D eigenvalue weighted by atomic mass is 16.3. The SMILES string of the molecule is O=C1C(=O)c2ccc3ccccc3c2C(O)=C1C1=C(O)c2c(ccc3ccccc23)C(=O)C1=O. The number of carbonyl (C=O) groups excluding carboxylic acids is 4. The zero-order valence-electron chi connectivity index (χ0n) is 17.5. The van der Waals surface area contributed by atoms with Gasteiger partial charge in [-0.25, -0.2) is 0 Å². The first-order valence-electron chi connectivity index (χ1n) is 10.5. The highest BCUT2D eigenvalue weighted by Gasteiger charge is 2.43. The summed E-state index contributed by atoms with van der Waals surface area (Å²) < 4.78 is 0. The average molecular weight is 446 g/mol. The van der Waals surface area contributed by atoms with E-state index in [0.29, 0.717) is 21.5 Å². The number of rotatable bonds is 1. The van der Waals surface area contributed by atoms with E-state index in [1.165, 1.54) is 12.1 Å². The number of aliphatic hydroxyl groups excluding tert-OH is 2. The summed E-state index contributed by atoms with van der Waals surface area (Å²) in [5, 5.41) is 24.9. The summed E-state index contributed by atoms with van der Waals surface area (Å²) in [7, 11) is 0. The number of ketones is 4. The lowest BCUT2D eigenvalue weighted by molar-refractivity contribution is -0.114. The first-order valence-corrected chi connectivity index (χ1v) is 10.5. The van der Waals surface area contributed by atoms with E-state index < -0.39 is 45.8 Å². The molecule has 6 rings (SSSR count). The molecule has 0 aliphatic heterocycles. The zero-order valence-corrected chi connectivity index (χ0v) is 17.5. The summed E-state index contributed by atoms with van der Waals surface area (Å²) in [6, 6.07) is 20.1. The molecule has 0 bridgehead atoms. The molecule has 4 aromatic carbocycles. The molecule has 4 aromatic rings. The second-order valence-electron chi connectivity index (χ2n) is 8.18. The molecule has 0 amide bonds. The van der Waals surface area contributed by atoms with Gasteiger partial charge in [-0.3, -0.25) is 19.2 Å². The van der Waals surface area contributed by atoms with Crippen LogP contribution in [0.3, 0.4) is 0 Å². The molecule has 0 heterocycles. The highest BCUT2D eigenvalue weighted by Crippen LogP contribution is 2.42. The van der Waals surface area contributed by atoms with Crippen LogP contribution in [-0.2, 0) is 9.59 Å². The summed E-state index contributed by atoms with van der Waals surface area (Å²) in [5.41, 5.74) is -1.17. The fraction of sp³-hybridized carbons (Fsp3) is 0. The third-order valence-electron chi connectivity index (χ3n) is 6.41. The van der Waals surface area contributed by atoms with Gasteiger partial charge in [0.2, 0.25) is 23.1 Å². The van der Waals surface area contributed by atoms with Crippen molar-refractivity contribution in [2.75, 3.05) is 0 Å². The second-order valence-corrected chi connectivity index (χ2v) is 8.18. The molecule has 6 heteroatoms. The van der Waals surface area contributed by atoms with Crippen molar-refractivity contribution in [2.24, 2.45) is 0 Å². The minimum Gasteiger partial charge on any atom is -0.506 e. The first kappa shape index (κ1) is 19.8. The Morgan fingerprint density at radius 1 is 0.441 bits per heavy atom. The maximum absolute atomic E-state index is 13.1. The van der Waals surface area contributed by atoms with Crippen molar-refractivity contribution in [3.05, 3.63) is 106 Å². The molecular formula is C28H14O6. The van der Waals surface area contributed by atoms with E-state index in [9.17, 15) is 29.4 Å². The number of hydrogen-bond donors (Lipinski definition) is 2. The standard InChI is InChI=1S/C28H14O6/c29-23-17-11-9-13-5-1-3-7-15(13)19(17)25(31)21(27(23)33)22-26(32)20-16-8-4-2-6-14(16)10-12-18(20)24(30)28(22)34/h1-12,31-32H. The van der Waals surface area contributed by atoms with Crippen LogP contribution in [0.2, 0.25) is 0 Å². The summed E-state index contributed by atoms with van der Waals surface area (Å²) in [5.74, 6) is -5.43. The van der Waals surface area contributed by atoms with Gasteiger partial charge in [-0.15, -0.1) is 0 Å². The van der Waals surface area contributed by atoms with Crippen LogP contribution >= 0.6 is 0 Å². The van der Waals surface area contributed by atoms with Gasteiger partial charge in [0.1, 0.15) is 11.5 Å². The largest absolute Gasteiger partial charge is 0.506 e. The van der Waals surface area contributed by atoms with E-state index in [1.54, 1.807) is 60.7 Å². The zero-order chi connectivity index (χ0) is 23.7. The molecule has 0 saturated carbocycles. The van der Waals surface area contributed by atoms with E-state index in [2.05, 4.69) is 0 Å². The van der Waals surface area contributed by atoms with Crippen molar-refractivity contribution in [3.63, 3.8) is 0 Å². The predicted molar refractivity (Wildman–Crippen MR) is 126 cm³/mol. The normalized spacial score (nSPS) is 15.9. The molecule has 6 nitrogen and oxygen atoms in total. The summed E-state index contributed by atoms with van der Waals surface area (Å²) in [6.07, 6.45) is 0. The van der Waals surface area contributed by atoms with Gasteiger partial charge in [0.05, 0.1) is 11.1 Å². The average Bonchev–Trinajstić information content (AvgIpc) is 2.86. The van der Waals surface area contributed by atoms with E-state index in [-0.39, 0.29) is 22.3 Å². The summed E-state index contributed by atoms with van der Waals surface area (Å²) in [6.45, 7) is 0. The Hall–Kier alpha value is -4.84. The van der Waals surface area contributed by atoms with Crippen molar-refractivity contribution in [3.8, 4) is 0 Å². The smallest absolute Gasteiger partial charge is 0.238 e. The Morgan fingerprint density at radius 2 is 0.824 bits per heavy atom. The van der Waals surface area contributed by atoms with Gasteiger partial charge in [0.15, 0.2) is 0 Å². The topological polar surface area (TPSA) is 109 Å². The third kappa shape index (κ3) is 2.45. The summed E-state index contributed by atoms with van der Waals surface area (Å²) in [4.78, 5) is 52.3. The van der Waals surface area contributed by atoms with Gasteiger partial charge in [-0.1, -0.05) is 60.7 Å². The molecule has 0 fully saturated rings. The van der Waals surface area contributed by atoms with Gasteiger partial charge in [0.25, 0.3) is 0 Å². The van der Waals surface area contributed by atoms with Crippen LogP contribution in [0.25, 0.3) is 33.1 Å². The molecule has 2 N–H and O–H groups in total. The van der Waals surface area contributed by atoms with Gasteiger partial charge >= 0.3 is 0 Å². The van der Waals surface area contributed by atoms with Gasteiger partial charge in [-0.2, -0.15) is 0 Å². The number of allylic oxidation sites excluding steroid dienone is 2. The van der Waals surface area contributed by atoms with Crippen LogP contribution in [0, 0.1) is 0 Å². The lowest BCUT2D eigenvalue weighted by Crippen LogP contribution is -2.32. The minimum absolute atomic E-state index is 0.00882. The maximum Gasteiger partial charge on any atom is 0.238 e. The van der Waals surface area contributed by atoms with Crippen molar-refractivity contribution >= 4 is 56.2 Å². The number of hydrogen-bond acceptors (Lipinski definition) is 6. The van der Waals surface area contributed by atoms with Gasteiger partial charge < -0.3 is 10.2 Å². The van der Waals surface area contributed by atoms with Crippen LogP contribution in [-0.4, -0.2) is 33.3 Å². The van der Waals surface area contributed by atoms with Crippen molar-refractivity contribution < 1.29 is 29.4 Å². The summed E-state index contributed by atoms with van der Waals surface area (Å²) >= 11 is 0. The van der Waals surface area contributed by atoms with Crippen molar-refractivity contribution in [1.82, 2.24) is 0 Å². The lowest BCUT2D eigenvalue weighted by atomic mass is 9.77. The molecule has 0 aromatic heterocycles. The first-order chi connectivity index (χ1) is 16.4. The molecule has 2 aliphatic rings. The molecule has 0 spiro atoms. The molecule has 162 valence electrons. The van der Waals surface area contributed by atoms with Crippen LogP contribution < -0.4 is 0 Å². The molecule has 0 unspecified atom stereocenters. The number of carbonyl (C=O) groups is 4. The molecule has 0 saturated heterocycles. The van der Waals surface area contributed by atoms with Gasteiger partial charge in [0, 0.05) is 22.3 Å². The molecule has 0 atom stereocenters. The minimum atomic E-state index is -1.16. The second kappa shape index (κ2) is 6.83. The molecular weight excluding hydrogens is 432 g/mol. The van der Waals surface area contributed by atoms with Crippen LogP contribution in [0.15, 0.2) is 83.9 Å². The Kier molecular flexibility index (Phi) is 3.98. The lowest BCUT2D eigenvalue weighted by Gasteiger charge is -2.24. The Balaban J connectivity index is 1.74. The van der Waals surface area contributed by atoms with Crippen molar-refractivity contribution in [1.29, 1.82) is 0 Å². The van der Waals surface area contributed by atoms with Crippen LogP contribution in [0.1, 0.15) is 31.8 Å². The molecule has 2 aliphatic carbocycles. The number of Topliss-reactive ketones (excluding diaryl/α,β-unsaturated/α-hetero) is 4. The van der Waals surface area contributed by atoms with Crippen molar-refractivity contribution in [2.45, 2.75) is 0 Å². The third-order valence-corrected chi connectivity index (χ3v) is 6.41. The Labute approximate surface area is 192 Å². The van der Waals surface area contributed by atoms with E-state index >= 15 is 0 Å². The van der Waals surface area contributed by atoms with Crippen LogP contribution in [0.5, 0.6) is 0 Å². The van der Waals surface area contributed by atoms with Crippen LogP contribution in [0.4, 0.5) is 0 Å². The Morgan fingerprint density at radius 3 is 1.24 bits per heavy atom. The molecule has 0 radical (unpaired) electrons. The van der Waals surface area contributed by atoms with E-state index in [4.69, 9.17) is 0 Å². The molecule has 34 heavy (non-hydrogen) atoms. The fourth-order valence-corrected chi connectivity index (χ4v) is 4.83. The van der Waals surface area contributed by atoms with E-state index in [0.717, 1.165) is 0 Å². The number of fused-ring (bicyclic) bond motifs is 6. The highest BCUT2D eigenvalue weighted by molar-refractivity contribution is 6.60. The Bertz CT molecular complexity index is 1610. The fourth-order valence-electron chi connectivity index (χ4n) is 4.83. The number of benzene rings is 4. The van der Waals surface area contributed by atoms with E-state index in [1.807, 2.05) is 0 Å². The number of aliphatic hydroxyl groups is 2. The quantitative estimate of drug-likeness (QED) is 0.408.